The van der Waals surface area contributed by atoms with Gasteiger partial charge in [-0.15, -0.1) is 0 Å². The second kappa shape index (κ2) is 16.0. The van der Waals surface area contributed by atoms with Crippen molar-refractivity contribution in [3.8, 4) is 44.5 Å². The van der Waals surface area contributed by atoms with Crippen molar-refractivity contribution in [2.24, 2.45) is 0 Å². The summed E-state index contributed by atoms with van der Waals surface area (Å²) in [7, 11) is 0. The van der Waals surface area contributed by atoms with E-state index in [2.05, 4.69) is 266 Å². The molecule has 73 heavy (non-hydrogen) atoms. The molecule has 12 aromatic rings. The number of hydrogen-bond acceptors (Lipinski definition) is 2. The van der Waals surface area contributed by atoms with Gasteiger partial charge in [0.15, 0.2) is 0 Å². The summed E-state index contributed by atoms with van der Waals surface area (Å²) in [5.41, 5.74) is 25.1. The van der Waals surface area contributed by atoms with Gasteiger partial charge in [0.2, 0.25) is 0 Å². The molecule has 2 aliphatic heterocycles. The van der Waals surface area contributed by atoms with Crippen LogP contribution in [0, 0.1) is 0 Å². The molecule has 2 heteroatoms. The zero-order chi connectivity index (χ0) is 48.4. The van der Waals surface area contributed by atoms with Crippen molar-refractivity contribution in [2.45, 2.75) is 32.1 Å². The van der Waals surface area contributed by atoms with E-state index in [1.165, 1.54) is 133 Å². The fourth-order valence-electron chi connectivity index (χ4n) is 12.9. The van der Waals surface area contributed by atoms with Crippen molar-refractivity contribution in [2.75, 3.05) is 9.80 Å². The Labute approximate surface area is 426 Å². The highest BCUT2D eigenvalue weighted by Gasteiger charge is 2.36. The first-order valence-electron chi connectivity index (χ1n) is 25.7. The summed E-state index contributed by atoms with van der Waals surface area (Å²) in [5, 5.41) is 7.41. The summed E-state index contributed by atoms with van der Waals surface area (Å²) in [6, 6.07) is 91.4. The number of benzene rings is 12. The zero-order valence-corrected chi connectivity index (χ0v) is 40.9. The number of anilines is 6. The molecule has 2 nitrogen and oxygen atoms in total. The summed E-state index contributed by atoms with van der Waals surface area (Å²) in [6.07, 6.45) is 1.82. The Morgan fingerprint density at radius 2 is 0.740 bits per heavy atom. The van der Waals surface area contributed by atoms with E-state index in [1.807, 2.05) is 0 Å². The summed E-state index contributed by atoms with van der Waals surface area (Å²) >= 11 is 0. The molecule has 0 bridgehead atoms. The predicted molar refractivity (Wildman–Crippen MR) is 308 cm³/mol. The van der Waals surface area contributed by atoms with Crippen molar-refractivity contribution in [1.29, 1.82) is 0 Å². The van der Waals surface area contributed by atoms with Crippen LogP contribution < -0.4 is 9.80 Å². The largest absolute Gasteiger partial charge is 0.310 e. The zero-order valence-electron chi connectivity index (χ0n) is 40.9. The lowest BCUT2D eigenvalue weighted by molar-refractivity contribution is 0.660. The maximum Gasteiger partial charge on any atom is 0.0497 e. The van der Waals surface area contributed by atoms with Crippen LogP contribution in [0.1, 0.15) is 47.2 Å². The van der Waals surface area contributed by atoms with E-state index in [9.17, 15) is 0 Å². The second-order valence-electron chi connectivity index (χ2n) is 20.8. The molecule has 15 rings (SSSR count). The number of nitrogens with zero attached hydrogens (tertiary/aromatic N) is 2. The van der Waals surface area contributed by atoms with Gasteiger partial charge in [0, 0.05) is 52.4 Å². The van der Waals surface area contributed by atoms with Gasteiger partial charge < -0.3 is 9.80 Å². The van der Waals surface area contributed by atoms with Crippen LogP contribution in [0.2, 0.25) is 0 Å². The molecule has 12 aromatic carbocycles. The number of rotatable bonds is 5. The monoisotopic (exact) mass is 930 g/mol. The molecule has 0 aromatic heterocycles. The van der Waals surface area contributed by atoms with Crippen molar-refractivity contribution in [3.05, 3.63) is 276 Å². The standard InChI is InChI=1S/C71H50N2/c1-71(2)63-22-10-9-21-57(63)58-36-33-54(42-64(58)71)70-60-38-35-55(72-65-23-11-5-17-50(65)40-51-18-6-12-24-66(51)72)43-61(60)69(47-30-27-46(28-31-47)49-32-29-45-15-3-4-16-48(45)39-49)59-37-34-56(44-62(59)70)73-67-25-13-7-19-52(67)41-53-20-8-14-26-68(53)73/h3-39,42-44H,40-41H2,1-2H3. The van der Waals surface area contributed by atoms with Gasteiger partial charge in [-0.1, -0.05) is 196 Å². The molecule has 0 atom stereocenters. The Morgan fingerprint density at radius 1 is 0.301 bits per heavy atom. The molecule has 0 amide bonds. The van der Waals surface area contributed by atoms with Gasteiger partial charge in [0.1, 0.15) is 0 Å². The first-order valence-corrected chi connectivity index (χ1v) is 25.7. The quantitative estimate of drug-likeness (QED) is 0.159. The molecule has 2 heterocycles. The van der Waals surface area contributed by atoms with Gasteiger partial charge in [0.05, 0.1) is 0 Å². The van der Waals surface area contributed by atoms with E-state index in [-0.39, 0.29) is 5.41 Å². The van der Waals surface area contributed by atoms with E-state index < -0.39 is 0 Å². The van der Waals surface area contributed by atoms with Crippen LogP contribution >= 0.6 is 0 Å². The fraction of sp³-hybridized carbons (Fsp3) is 0.0704. The molecule has 0 spiro atoms. The summed E-state index contributed by atoms with van der Waals surface area (Å²) in [6.45, 7) is 4.79. The van der Waals surface area contributed by atoms with Gasteiger partial charge in [-0.05, 0) is 171 Å². The van der Waals surface area contributed by atoms with Gasteiger partial charge in [0.25, 0.3) is 0 Å². The number of para-hydroxylation sites is 4. The van der Waals surface area contributed by atoms with Crippen molar-refractivity contribution >= 4 is 66.4 Å². The summed E-state index contributed by atoms with van der Waals surface area (Å²) in [4.78, 5) is 4.99. The predicted octanol–water partition coefficient (Wildman–Crippen LogP) is 19.2. The van der Waals surface area contributed by atoms with Gasteiger partial charge in [-0.2, -0.15) is 0 Å². The Bertz CT molecular complexity index is 4160. The topological polar surface area (TPSA) is 6.48 Å². The molecule has 0 saturated carbocycles. The van der Waals surface area contributed by atoms with Crippen molar-refractivity contribution in [1.82, 2.24) is 0 Å². The average molecular weight is 931 g/mol. The third kappa shape index (κ3) is 6.43. The van der Waals surface area contributed by atoms with Crippen LogP contribution in [0.5, 0.6) is 0 Å². The van der Waals surface area contributed by atoms with Crippen molar-refractivity contribution < 1.29 is 0 Å². The van der Waals surface area contributed by atoms with Crippen LogP contribution in [0.4, 0.5) is 34.1 Å². The van der Waals surface area contributed by atoms with E-state index in [0.29, 0.717) is 0 Å². The van der Waals surface area contributed by atoms with E-state index in [1.54, 1.807) is 0 Å². The fourth-order valence-corrected chi connectivity index (χ4v) is 12.9. The molecule has 0 unspecified atom stereocenters. The first kappa shape index (κ1) is 41.8. The minimum Gasteiger partial charge on any atom is -0.310 e. The molecular weight excluding hydrogens is 881 g/mol. The van der Waals surface area contributed by atoms with E-state index in [0.717, 1.165) is 24.2 Å². The lowest BCUT2D eigenvalue weighted by Gasteiger charge is -2.34. The molecule has 0 N–H and O–H groups in total. The molecular formula is C71H50N2. The third-order valence-corrected chi connectivity index (χ3v) is 16.4. The van der Waals surface area contributed by atoms with Crippen LogP contribution in [-0.2, 0) is 18.3 Å². The Hall–Kier alpha value is -8.98. The lowest BCUT2D eigenvalue weighted by Crippen LogP contribution is -2.18. The molecule has 0 fully saturated rings. The van der Waals surface area contributed by atoms with Crippen LogP contribution in [0.15, 0.2) is 243 Å². The minimum atomic E-state index is -0.158. The average Bonchev–Trinajstić information content (AvgIpc) is 3.69. The normalized spacial score (nSPS) is 13.8. The van der Waals surface area contributed by atoms with Crippen LogP contribution in [-0.4, -0.2) is 0 Å². The smallest absolute Gasteiger partial charge is 0.0497 e. The van der Waals surface area contributed by atoms with E-state index in [4.69, 9.17) is 0 Å². The highest BCUT2D eigenvalue weighted by Crippen LogP contribution is 2.54. The number of fused-ring (bicyclic) bond motifs is 10. The van der Waals surface area contributed by atoms with Gasteiger partial charge in [-0.3, -0.25) is 0 Å². The Morgan fingerprint density at radius 3 is 1.32 bits per heavy atom. The maximum atomic E-state index is 2.52. The highest BCUT2D eigenvalue weighted by molar-refractivity contribution is 6.23. The summed E-state index contributed by atoms with van der Waals surface area (Å²) < 4.78 is 0. The molecule has 344 valence electrons. The van der Waals surface area contributed by atoms with Gasteiger partial charge >= 0.3 is 0 Å². The van der Waals surface area contributed by atoms with Crippen LogP contribution in [0.3, 0.4) is 0 Å². The van der Waals surface area contributed by atoms with Crippen molar-refractivity contribution in [3.63, 3.8) is 0 Å². The molecule has 1 aliphatic carbocycles. The van der Waals surface area contributed by atoms with E-state index >= 15 is 0 Å². The molecule has 0 saturated heterocycles. The Balaban J connectivity index is 1.03. The number of hydrogen-bond donors (Lipinski definition) is 0. The second-order valence-corrected chi connectivity index (χ2v) is 20.8. The highest BCUT2D eigenvalue weighted by atomic mass is 15.2. The molecule has 0 radical (unpaired) electrons. The first-order chi connectivity index (χ1) is 35.9. The van der Waals surface area contributed by atoms with Crippen LogP contribution in [0.25, 0.3) is 76.8 Å². The molecule has 3 aliphatic rings. The summed E-state index contributed by atoms with van der Waals surface area (Å²) in [5.74, 6) is 0. The third-order valence-electron chi connectivity index (χ3n) is 16.4. The Kier molecular flexibility index (Phi) is 9.16. The minimum absolute atomic E-state index is 0.158. The SMILES string of the molecule is CC1(C)c2ccccc2-c2ccc(-c3c4ccc(N5c6ccccc6Cc6ccccc65)cc4c(-c4ccc(-c5ccc6ccccc6c5)cc4)c4ccc(N5c6ccccc6Cc6ccccc65)cc34)cc21. The lowest BCUT2D eigenvalue weighted by atomic mass is 9.80. The van der Waals surface area contributed by atoms with Gasteiger partial charge in [-0.25, -0.2) is 0 Å². The maximum absolute atomic E-state index is 2.52.